The van der Waals surface area contributed by atoms with Gasteiger partial charge in [-0.05, 0) is 69.8 Å². The Morgan fingerprint density at radius 3 is 1.24 bits per heavy atom. The fourth-order valence-electron chi connectivity index (χ4n) is 5.04. The van der Waals surface area contributed by atoms with Gasteiger partial charge in [-0.3, -0.25) is 0 Å². The van der Waals surface area contributed by atoms with Crippen LogP contribution in [0.4, 0.5) is 17.1 Å². The summed E-state index contributed by atoms with van der Waals surface area (Å²) in [6.45, 7) is 0. The minimum atomic E-state index is 1.13. The maximum Gasteiger partial charge on any atom is 0.0462 e. The number of rotatable bonds is 8. The van der Waals surface area contributed by atoms with E-state index in [0.29, 0.717) is 0 Å². The Kier molecular flexibility index (Phi) is 7.97. The van der Waals surface area contributed by atoms with Gasteiger partial charge in [0.1, 0.15) is 0 Å². The third-order valence-electron chi connectivity index (χ3n) is 7.12. The van der Waals surface area contributed by atoms with Crippen molar-refractivity contribution in [3.63, 3.8) is 0 Å². The van der Waals surface area contributed by atoms with E-state index in [1.807, 2.05) is 0 Å². The summed E-state index contributed by atoms with van der Waals surface area (Å²) in [5.41, 5.74) is 10.6. The number of benzene rings is 6. The number of allylic oxidation sites excluding steroid dienone is 2. The third kappa shape index (κ3) is 6.27. The highest BCUT2D eigenvalue weighted by Gasteiger charge is 2.12. The molecule has 196 valence electrons. The summed E-state index contributed by atoms with van der Waals surface area (Å²) in [4.78, 5) is 2.28. The summed E-state index contributed by atoms with van der Waals surface area (Å²) in [5, 5.41) is 0. The van der Waals surface area contributed by atoms with Crippen LogP contribution in [-0.4, -0.2) is 0 Å². The maximum absolute atomic E-state index is 2.28. The molecule has 1 heteroatoms. The minimum absolute atomic E-state index is 1.13. The molecule has 6 rings (SSSR count). The van der Waals surface area contributed by atoms with Crippen LogP contribution in [0.1, 0.15) is 16.7 Å². The summed E-state index contributed by atoms with van der Waals surface area (Å²) < 4.78 is 0. The SMILES string of the molecule is C(=Cc1ccc(-c2ccc(N(c3ccccc3)c3ccccc3)cc2)cc1)C=C(c1ccccc1)c1ccccc1. The highest BCUT2D eigenvalue weighted by molar-refractivity contribution is 5.82. The lowest BCUT2D eigenvalue weighted by atomic mass is 9.97. The van der Waals surface area contributed by atoms with E-state index in [1.165, 1.54) is 33.4 Å². The molecule has 1 nitrogen and oxygen atoms in total. The Morgan fingerprint density at radius 2 is 0.780 bits per heavy atom. The molecule has 6 aromatic rings. The molecule has 0 N–H and O–H groups in total. The predicted octanol–water partition coefficient (Wildman–Crippen LogP) is 11.0. The van der Waals surface area contributed by atoms with Crippen molar-refractivity contribution in [2.45, 2.75) is 0 Å². The molecular formula is C40H31N. The summed E-state index contributed by atoms with van der Waals surface area (Å²) in [6.07, 6.45) is 6.50. The lowest BCUT2D eigenvalue weighted by Crippen LogP contribution is -2.09. The van der Waals surface area contributed by atoms with Gasteiger partial charge in [0.15, 0.2) is 0 Å². The van der Waals surface area contributed by atoms with E-state index in [1.54, 1.807) is 0 Å². The Labute approximate surface area is 243 Å². The highest BCUT2D eigenvalue weighted by atomic mass is 15.1. The lowest BCUT2D eigenvalue weighted by molar-refractivity contribution is 1.28. The third-order valence-corrected chi connectivity index (χ3v) is 7.12. The van der Waals surface area contributed by atoms with Crippen LogP contribution in [0.3, 0.4) is 0 Å². The van der Waals surface area contributed by atoms with Gasteiger partial charge in [-0.2, -0.15) is 0 Å². The zero-order valence-electron chi connectivity index (χ0n) is 22.8. The molecule has 0 bridgehead atoms. The van der Waals surface area contributed by atoms with E-state index in [-0.39, 0.29) is 0 Å². The molecule has 0 radical (unpaired) electrons. The molecule has 0 unspecified atom stereocenters. The first-order chi connectivity index (χ1) is 20.3. The zero-order valence-corrected chi connectivity index (χ0v) is 22.8. The van der Waals surface area contributed by atoms with Crippen LogP contribution in [0.5, 0.6) is 0 Å². The fourth-order valence-corrected chi connectivity index (χ4v) is 5.04. The smallest absolute Gasteiger partial charge is 0.0462 e. The Morgan fingerprint density at radius 1 is 0.390 bits per heavy atom. The van der Waals surface area contributed by atoms with E-state index in [9.17, 15) is 0 Å². The second-order valence-corrected chi connectivity index (χ2v) is 9.85. The standard InChI is InChI=1S/C40H31N/c1-5-15-35(16-6-1)40(36-17-7-2-8-18-36)23-13-14-32-24-26-33(27-25-32)34-28-30-39(31-29-34)41(37-19-9-3-10-20-37)38-21-11-4-12-22-38/h1-31H. The molecule has 0 aliphatic heterocycles. The van der Waals surface area contributed by atoms with Crippen LogP contribution in [-0.2, 0) is 0 Å². The minimum Gasteiger partial charge on any atom is -0.311 e. The van der Waals surface area contributed by atoms with Crippen LogP contribution in [0, 0.1) is 0 Å². The van der Waals surface area contributed by atoms with Crippen LogP contribution in [0.2, 0.25) is 0 Å². The summed E-state index contributed by atoms with van der Waals surface area (Å²) in [7, 11) is 0. The van der Waals surface area contributed by atoms with Gasteiger partial charge in [0.05, 0.1) is 0 Å². The van der Waals surface area contributed by atoms with E-state index in [2.05, 4.69) is 193 Å². The first-order valence-electron chi connectivity index (χ1n) is 14.0. The second kappa shape index (κ2) is 12.6. The second-order valence-electron chi connectivity index (χ2n) is 9.85. The van der Waals surface area contributed by atoms with E-state index >= 15 is 0 Å². The van der Waals surface area contributed by atoms with Gasteiger partial charge >= 0.3 is 0 Å². The average Bonchev–Trinajstić information content (AvgIpc) is 3.06. The van der Waals surface area contributed by atoms with Crippen LogP contribution >= 0.6 is 0 Å². The van der Waals surface area contributed by atoms with Crippen LogP contribution in [0.15, 0.2) is 182 Å². The average molecular weight is 526 g/mol. The molecule has 0 heterocycles. The molecule has 0 aliphatic rings. The molecule has 0 amide bonds. The number of para-hydroxylation sites is 2. The molecule has 0 spiro atoms. The summed E-state index contributed by atoms with van der Waals surface area (Å²) in [5.74, 6) is 0. The monoisotopic (exact) mass is 525 g/mol. The number of hydrogen-bond acceptors (Lipinski definition) is 1. The van der Waals surface area contributed by atoms with E-state index in [4.69, 9.17) is 0 Å². The van der Waals surface area contributed by atoms with Crippen molar-refractivity contribution in [3.05, 3.63) is 199 Å². The van der Waals surface area contributed by atoms with Gasteiger partial charge in [0.25, 0.3) is 0 Å². The normalized spacial score (nSPS) is 10.8. The van der Waals surface area contributed by atoms with Crippen molar-refractivity contribution < 1.29 is 0 Å². The molecule has 6 aromatic carbocycles. The number of anilines is 3. The molecule has 0 atom stereocenters. The fraction of sp³-hybridized carbons (Fsp3) is 0. The van der Waals surface area contributed by atoms with Gasteiger partial charge in [0.2, 0.25) is 0 Å². The highest BCUT2D eigenvalue weighted by Crippen LogP contribution is 2.35. The van der Waals surface area contributed by atoms with E-state index in [0.717, 1.165) is 17.1 Å². The Hall–Kier alpha value is -5.40. The molecule has 0 saturated carbocycles. The maximum atomic E-state index is 2.28. The van der Waals surface area contributed by atoms with Gasteiger partial charge < -0.3 is 4.90 Å². The summed E-state index contributed by atoms with van der Waals surface area (Å²) >= 11 is 0. The van der Waals surface area contributed by atoms with Crippen molar-refractivity contribution in [2.24, 2.45) is 0 Å². The topological polar surface area (TPSA) is 3.24 Å². The van der Waals surface area contributed by atoms with Crippen molar-refractivity contribution in [3.8, 4) is 11.1 Å². The molecule has 41 heavy (non-hydrogen) atoms. The first kappa shape index (κ1) is 25.9. The van der Waals surface area contributed by atoms with Crippen molar-refractivity contribution in [1.82, 2.24) is 0 Å². The van der Waals surface area contributed by atoms with Gasteiger partial charge in [0, 0.05) is 17.1 Å². The van der Waals surface area contributed by atoms with Gasteiger partial charge in [-0.15, -0.1) is 0 Å². The molecule has 0 saturated heterocycles. The lowest BCUT2D eigenvalue weighted by Gasteiger charge is -2.25. The predicted molar refractivity (Wildman–Crippen MR) is 176 cm³/mol. The summed E-state index contributed by atoms with van der Waals surface area (Å²) in [6, 6.07) is 59.6. The zero-order chi connectivity index (χ0) is 27.7. The van der Waals surface area contributed by atoms with Gasteiger partial charge in [-0.25, -0.2) is 0 Å². The number of nitrogens with zero attached hydrogens (tertiary/aromatic N) is 1. The van der Waals surface area contributed by atoms with Crippen LogP contribution < -0.4 is 4.90 Å². The molecule has 0 aliphatic carbocycles. The van der Waals surface area contributed by atoms with Crippen molar-refractivity contribution in [2.75, 3.05) is 4.90 Å². The molecular weight excluding hydrogens is 494 g/mol. The Bertz CT molecular complexity index is 1640. The quantitative estimate of drug-likeness (QED) is 0.179. The largest absolute Gasteiger partial charge is 0.311 e. The van der Waals surface area contributed by atoms with E-state index < -0.39 is 0 Å². The molecule has 0 fully saturated rings. The first-order valence-corrected chi connectivity index (χ1v) is 14.0. The molecule has 0 aromatic heterocycles. The van der Waals surface area contributed by atoms with Gasteiger partial charge in [-0.1, -0.05) is 152 Å². The van der Waals surface area contributed by atoms with Crippen molar-refractivity contribution in [1.29, 1.82) is 0 Å². The van der Waals surface area contributed by atoms with Crippen molar-refractivity contribution >= 4 is 28.7 Å². The Balaban J connectivity index is 1.22. The van der Waals surface area contributed by atoms with Crippen LogP contribution in [0.25, 0.3) is 22.8 Å². The number of hydrogen-bond donors (Lipinski definition) is 0.